The van der Waals surface area contributed by atoms with Crippen LogP contribution in [0.1, 0.15) is 30.6 Å². The second-order valence-corrected chi connectivity index (χ2v) is 6.71. The van der Waals surface area contributed by atoms with E-state index in [1.807, 2.05) is 6.92 Å². The number of hydrogen-bond donors (Lipinski definition) is 2. The highest BCUT2D eigenvalue weighted by Crippen LogP contribution is 2.30. The van der Waals surface area contributed by atoms with E-state index in [1.54, 1.807) is 6.92 Å². The molecule has 1 rings (SSSR count). The zero-order valence-electron chi connectivity index (χ0n) is 11.3. The van der Waals surface area contributed by atoms with Crippen molar-refractivity contribution in [2.75, 3.05) is 0 Å². The smallest absolute Gasteiger partial charge is 0.271 e. The van der Waals surface area contributed by atoms with Gasteiger partial charge in [0.1, 0.15) is 4.90 Å². The summed E-state index contributed by atoms with van der Waals surface area (Å²) in [7, 11) is -4.21. The van der Waals surface area contributed by atoms with Crippen LogP contribution in [0.4, 0.5) is 5.69 Å². The lowest BCUT2D eigenvalue weighted by Crippen LogP contribution is -2.32. The van der Waals surface area contributed by atoms with E-state index >= 15 is 0 Å². The van der Waals surface area contributed by atoms with Gasteiger partial charge >= 0.3 is 0 Å². The summed E-state index contributed by atoms with van der Waals surface area (Å²) in [5, 5.41) is 18.5. The summed E-state index contributed by atoms with van der Waals surface area (Å²) in [6.07, 6.45) is 0.653. The van der Waals surface area contributed by atoms with Crippen LogP contribution in [0.25, 0.3) is 0 Å². The van der Waals surface area contributed by atoms with E-state index < -0.39 is 31.4 Å². The number of sulfonamides is 1. The molecule has 1 amide bonds. The van der Waals surface area contributed by atoms with Gasteiger partial charge in [-0.25, -0.2) is 13.6 Å². The van der Waals surface area contributed by atoms with E-state index in [1.165, 1.54) is 0 Å². The van der Waals surface area contributed by atoms with Gasteiger partial charge in [-0.3, -0.25) is 14.9 Å². The Bertz CT molecular complexity index is 689. The second-order valence-electron chi connectivity index (χ2n) is 4.39. The average molecular weight is 380 g/mol. The number of rotatable bonds is 5. The first-order valence-corrected chi connectivity index (χ1v) is 8.23. The van der Waals surface area contributed by atoms with Crippen molar-refractivity contribution in [3.8, 4) is 0 Å². The molecule has 1 atom stereocenters. The third-order valence-electron chi connectivity index (χ3n) is 2.78. The highest BCUT2D eigenvalue weighted by Gasteiger charge is 2.25. The third kappa shape index (κ3) is 4.22. The molecule has 116 valence electrons. The Labute approximate surface area is 130 Å². The van der Waals surface area contributed by atoms with Crippen molar-refractivity contribution in [3.05, 3.63) is 32.3 Å². The Morgan fingerprint density at radius 3 is 2.52 bits per heavy atom. The maximum Gasteiger partial charge on any atom is 0.271 e. The Morgan fingerprint density at radius 2 is 2.10 bits per heavy atom. The first kappa shape index (κ1) is 17.5. The maximum absolute atomic E-state index is 12.1. The molecule has 1 aromatic carbocycles. The number of benzene rings is 1. The number of nitro groups is 1. The molecule has 0 aliphatic carbocycles. The van der Waals surface area contributed by atoms with E-state index in [2.05, 4.69) is 21.2 Å². The number of primary sulfonamides is 1. The standard InChI is InChI=1S/C11H14BrN3O5S/c1-3-6(2)14-11(16)8-4-7(15(17)18)5-9(10(8)12)21(13,19)20/h4-6H,3H2,1-2H3,(H,14,16)(H2,13,19,20). The summed E-state index contributed by atoms with van der Waals surface area (Å²) >= 11 is 2.97. The fraction of sp³-hybridized carbons (Fsp3) is 0.364. The highest BCUT2D eigenvalue weighted by atomic mass is 79.9. The summed E-state index contributed by atoms with van der Waals surface area (Å²) in [6, 6.07) is 1.64. The average Bonchev–Trinajstić information content (AvgIpc) is 2.36. The number of nitrogens with zero attached hydrogens (tertiary/aromatic N) is 1. The molecule has 0 saturated carbocycles. The van der Waals surface area contributed by atoms with Gasteiger partial charge in [-0.05, 0) is 29.3 Å². The molecular formula is C11H14BrN3O5S. The lowest BCUT2D eigenvalue weighted by molar-refractivity contribution is -0.385. The number of carbonyl (C=O) groups is 1. The maximum atomic E-state index is 12.1. The molecule has 0 heterocycles. The zero-order valence-corrected chi connectivity index (χ0v) is 13.7. The molecule has 0 aliphatic rings. The predicted molar refractivity (Wildman–Crippen MR) is 79.4 cm³/mol. The molecular weight excluding hydrogens is 366 g/mol. The Morgan fingerprint density at radius 1 is 1.52 bits per heavy atom. The number of carbonyl (C=O) groups excluding carboxylic acids is 1. The molecule has 0 spiro atoms. The SMILES string of the molecule is CCC(C)NC(=O)c1cc([N+](=O)[O-])cc(S(N)(=O)=O)c1Br. The van der Waals surface area contributed by atoms with Crippen molar-refractivity contribution in [2.24, 2.45) is 5.14 Å². The summed E-state index contributed by atoms with van der Waals surface area (Å²) in [4.78, 5) is 21.7. The van der Waals surface area contributed by atoms with Crippen LogP contribution in [0.2, 0.25) is 0 Å². The molecule has 1 aromatic rings. The van der Waals surface area contributed by atoms with Crippen LogP contribution in [0, 0.1) is 10.1 Å². The van der Waals surface area contributed by atoms with Crippen LogP contribution in [-0.4, -0.2) is 25.3 Å². The number of hydrogen-bond acceptors (Lipinski definition) is 5. The topological polar surface area (TPSA) is 132 Å². The monoisotopic (exact) mass is 379 g/mol. The van der Waals surface area contributed by atoms with Crippen LogP contribution in [0.5, 0.6) is 0 Å². The zero-order chi connectivity index (χ0) is 16.4. The number of non-ortho nitro benzene ring substituents is 1. The fourth-order valence-electron chi connectivity index (χ4n) is 1.46. The lowest BCUT2D eigenvalue weighted by Gasteiger charge is -2.13. The van der Waals surface area contributed by atoms with Crippen LogP contribution >= 0.6 is 15.9 Å². The van der Waals surface area contributed by atoms with Gasteiger partial charge in [-0.1, -0.05) is 6.92 Å². The van der Waals surface area contributed by atoms with Crippen molar-refractivity contribution in [1.82, 2.24) is 5.32 Å². The van der Waals surface area contributed by atoms with Crippen LogP contribution < -0.4 is 10.5 Å². The van der Waals surface area contributed by atoms with Crippen molar-refractivity contribution >= 4 is 37.5 Å². The Balaban J connectivity index is 3.48. The normalized spacial score (nSPS) is 12.8. The molecule has 3 N–H and O–H groups in total. The molecule has 0 fully saturated rings. The van der Waals surface area contributed by atoms with E-state index in [0.717, 1.165) is 12.1 Å². The number of amides is 1. The number of halogens is 1. The van der Waals surface area contributed by atoms with Gasteiger partial charge in [0, 0.05) is 18.2 Å². The highest BCUT2D eigenvalue weighted by molar-refractivity contribution is 9.10. The van der Waals surface area contributed by atoms with Gasteiger partial charge in [0.2, 0.25) is 10.0 Å². The predicted octanol–water partition coefficient (Wildman–Crippen LogP) is 1.53. The van der Waals surface area contributed by atoms with Gasteiger partial charge in [0.15, 0.2) is 0 Å². The Kier molecular flexibility index (Phi) is 5.42. The van der Waals surface area contributed by atoms with Gasteiger partial charge < -0.3 is 5.32 Å². The van der Waals surface area contributed by atoms with E-state index in [0.29, 0.717) is 6.42 Å². The van der Waals surface area contributed by atoms with Crippen molar-refractivity contribution in [1.29, 1.82) is 0 Å². The molecule has 1 unspecified atom stereocenters. The van der Waals surface area contributed by atoms with Gasteiger partial charge in [0.05, 0.1) is 15.0 Å². The molecule has 0 aromatic heterocycles. The second kappa shape index (κ2) is 6.50. The van der Waals surface area contributed by atoms with Crippen molar-refractivity contribution in [2.45, 2.75) is 31.2 Å². The largest absolute Gasteiger partial charge is 0.350 e. The molecule has 21 heavy (non-hydrogen) atoms. The van der Waals surface area contributed by atoms with Crippen LogP contribution in [0.15, 0.2) is 21.5 Å². The third-order valence-corrected chi connectivity index (χ3v) is 4.83. The number of nitro benzene ring substituents is 1. The first-order chi connectivity index (χ1) is 9.57. The molecule has 0 saturated heterocycles. The fourth-order valence-corrected chi connectivity index (χ4v) is 3.20. The summed E-state index contributed by atoms with van der Waals surface area (Å²) in [5.41, 5.74) is -0.690. The molecule has 0 radical (unpaired) electrons. The number of nitrogens with two attached hydrogens (primary N) is 1. The minimum absolute atomic E-state index is 0.101. The molecule has 8 nitrogen and oxygen atoms in total. The minimum Gasteiger partial charge on any atom is -0.350 e. The van der Waals surface area contributed by atoms with Gasteiger partial charge in [0.25, 0.3) is 11.6 Å². The molecule has 10 heteroatoms. The Hall–Kier alpha value is -1.52. The quantitative estimate of drug-likeness (QED) is 0.591. The van der Waals surface area contributed by atoms with Crippen molar-refractivity contribution in [3.63, 3.8) is 0 Å². The summed E-state index contributed by atoms with van der Waals surface area (Å²) in [6.45, 7) is 3.60. The van der Waals surface area contributed by atoms with Crippen LogP contribution in [0.3, 0.4) is 0 Å². The lowest BCUT2D eigenvalue weighted by atomic mass is 10.1. The molecule has 0 aliphatic heterocycles. The summed E-state index contributed by atoms with van der Waals surface area (Å²) in [5.74, 6) is -0.621. The van der Waals surface area contributed by atoms with E-state index in [-0.39, 0.29) is 16.1 Å². The van der Waals surface area contributed by atoms with Crippen molar-refractivity contribution < 1.29 is 18.1 Å². The summed E-state index contributed by atoms with van der Waals surface area (Å²) < 4.78 is 22.8. The molecule has 0 bridgehead atoms. The van der Waals surface area contributed by atoms with Gasteiger partial charge in [-0.15, -0.1) is 0 Å². The number of nitrogens with one attached hydrogen (secondary N) is 1. The van der Waals surface area contributed by atoms with E-state index in [4.69, 9.17) is 5.14 Å². The minimum atomic E-state index is -4.21. The first-order valence-electron chi connectivity index (χ1n) is 5.89. The van der Waals surface area contributed by atoms with E-state index in [9.17, 15) is 23.3 Å². The van der Waals surface area contributed by atoms with Crippen LogP contribution in [-0.2, 0) is 10.0 Å². The van der Waals surface area contributed by atoms with Gasteiger partial charge in [-0.2, -0.15) is 0 Å².